The van der Waals surface area contributed by atoms with Crippen LogP contribution < -0.4 is 9.64 Å². The SMILES string of the molecule is CCCCOc1nc(N(CC)c2ccc([N+](=O)[O-])cc2)ncc1C(F)(F)F. The molecule has 0 fully saturated rings. The minimum atomic E-state index is -4.63. The molecule has 0 aliphatic heterocycles. The van der Waals surface area contributed by atoms with Gasteiger partial charge in [-0.2, -0.15) is 18.2 Å². The Hall–Kier alpha value is -2.91. The van der Waals surface area contributed by atoms with Crippen LogP contribution in [0.4, 0.5) is 30.5 Å². The van der Waals surface area contributed by atoms with Gasteiger partial charge in [-0.15, -0.1) is 0 Å². The molecule has 0 unspecified atom stereocenters. The van der Waals surface area contributed by atoms with Crippen molar-refractivity contribution in [3.8, 4) is 5.88 Å². The predicted octanol–water partition coefficient (Wildman–Crippen LogP) is 4.74. The van der Waals surface area contributed by atoms with E-state index in [0.29, 0.717) is 24.8 Å². The Morgan fingerprint density at radius 2 is 1.89 bits per heavy atom. The van der Waals surface area contributed by atoms with Gasteiger partial charge in [-0.05, 0) is 25.5 Å². The summed E-state index contributed by atoms with van der Waals surface area (Å²) >= 11 is 0. The molecule has 0 aliphatic carbocycles. The molecule has 0 aliphatic rings. The zero-order valence-electron chi connectivity index (χ0n) is 14.9. The van der Waals surface area contributed by atoms with Crippen molar-refractivity contribution in [2.75, 3.05) is 18.1 Å². The van der Waals surface area contributed by atoms with Crippen molar-refractivity contribution >= 4 is 17.3 Å². The third kappa shape index (κ3) is 5.05. The number of unbranched alkanes of at least 4 members (excludes halogenated alkanes) is 1. The van der Waals surface area contributed by atoms with E-state index in [1.165, 1.54) is 29.2 Å². The molecular weight excluding hydrogens is 365 g/mol. The molecule has 0 saturated carbocycles. The third-order valence-electron chi connectivity index (χ3n) is 3.71. The number of nitro groups is 1. The van der Waals surface area contributed by atoms with Crippen molar-refractivity contribution in [1.29, 1.82) is 0 Å². The summed E-state index contributed by atoms with van der Waals surface area (Å²) in [6, 6.07) is 5.59. The van der Waals surface area contributed by atoms with E-state index >= 15 is 0 Å². The molecule has 1 aromatic heterocycles. The Morgan fingerprint density at radius 1 is 1.22 bits per heavy atom. The normalized spacial score (nSPS) is 11.3. The highest BCUT2D eigenvalue weighted by molar-refractivity contribution is 5.59. The molecule has 0 bridgehead atoms. The lowest BCUT2D eigenvalue weighted by Gasteiger charge is -2.22. The van der Waals surface area contributed by atoms with Crippen molar-refractivity contribution < 1.29 is 22.8 Å². The summed E-state index contributed by atoms with van der Waals surface area (Å²) in [5.41, 5.74) is -0.615. The van der Waals surface area contributed by atoms with Gasteiger partial charge >= 0.3 is 6.18 Å². The van der Waals surface area contributed by atoms with E-state index in [1.807, 2.05) is 6.92 Å². The molecule has 146 valence electrons. The molecule has 0 radical (unpaired) electrons. The van der Waals surface area contributed by atoms with Gasteiger partial charge in [0.1, 0.15) is 5.56 Å². The smallest absolute Gasteiger partial charge is 0.423 e. The number of rotatable bonds is 8. The Balaban J connectivity index is 2.39. The number of hydrogen-bond acceptors (Lipinski definition) is 6. The summed E-state index contributed by atoms with van der Waals surface area (Å²) in [4.78, 5) is 19.5. The second-order valence-corrected chi connectivity index (χ2v) is 5.61. The van der Waals surface area contributed by atoms with Gasteiger partial charge in [0.05, 0.1) is 11.5 Å². The van der Waals surface area contributed by atoms with E-state index in [-0.39, 0.29) is 18.2 Å². The van der Waals surface area contributed by atoms with Crippen LogP contribution >= 0.6 is 0 Å². The first kappa shape index (κ1) is 20.4. The molecule has 0 spiro atoms. The molecule has 0 N–H and O–H groups in total. The van der Waals surface area contributed by atoms with E-state index in [9.17, 15) is 23.3 Å². The van der Waals surface area contributed by atoms with Crippen molar-refractivity contribution in [3.63, 3.8) is 0 Å². The lowest BCUT2D eigenvalue weighted by Crippen LogP contribution is -2.21. The van der Waals surface area contributed by atoms with E-state index in [1.54, 1.807) is 6.92 Å². The molecule has 1 heterocycles. The molecular formula is C17H19F3N4O3. The summed E-state index contributed by atoms with van der Waals surface area (Å²) in [6.45, 7) is 4.12. The quantitative estimate of drug-likeness (QED) is 0.371. The first-order valence-electron chi connectivity index (χ1n) is 8.37. The van der Waals surface area contributed by atoms with Crippen LogP contribution in [-0.2, 0) is 6.18 Å². The number of nitrogens with zero attached hydrogens (tertiary/aromatic N) is 4. The predicted molar refractivity (Wildman–Crippen MR) is 93.2 cm³/mol. The molecule has 2 rings (SSSR count). The molecule has 0 atom stereocenters. The van der Waals surface area contributed by atoms with Crippen LogP contribution in [0, 0.1) is 10.1 Å². The number of hydrogen-bond donors (Lipinski definition) is 0. The number of benzene rings is 1. The van der Waals surface area contributed by atoms with E-state index in [4.69, 9.17) is 4.74 Å². The number of nitro benzene ring substituents is 1. The summed E-state index contributed by atoms with van der Waals surface area (Å²) in [5, 5.41) is 10.8. The number of non-ortho nitro benzene ring substituents is 1. The fourth-order valence-electron chi connectivity index (χ4n) is 2.30. The van der Waals surface area contributed by atoms with Gasteiger partial charge in [-0.1, -0.05) is 13.3 Å². The first-order chi connectivity index (χ1) is 12.8. The van der Waals surface area contributed by atoms with Gasteiger partial charge in [0.15, 0.2) is 0 Å². The fourth-order valence-corrected chi connectivity index (χ4v) is 2.30. The van der Waals surface area contributed by atoms with Gasteiger partial charge in [-0.25, -0.2) is 4.98 Å². The summed E-state index contributed by atoms with van der Waals surface area (Å²) in [7, 11) is 0. The maximum Gasteiger partial charge on any atom is 0.423 e. The molecule has 7 nitrogen and oxygen atoms in total. The average molecular weight is 384 g/mol. The lowest BCUT2D eigenvalue weighted by atomic mass is 10.2. The number of anilines is 2. The van der Waals surface area contributed by atoms with Crippen LogP contribution in [0.15, 0.2) is 30.5 Å². The Morgan fingerprint density at radius 3 is 2.41 bits per heavy atom. The standard InChI is InChI=1S/C17H19F3N4O3/c1-3-5-10-27-15-14(17(18,19)20)11-21-16(22-15)23(4-2)12-6-8-13(9-7-12)24(25)26/h6-9,11H,3-5,10H2,1-2H3. The first-order valence-corrected chi connectivity index (χ1v) is 8.37. The molecule has 10 heteroatoms. The van der Waals surface area contributed by atoms with Gasteiger partial charge in [0, 0.05) is 30.6 Å². The third-order valence-corrected chi connectivity index (χ3v) is 3.71. The topological polar surface area (TPSA) is 81.4 Å². The van der Waals surface area contributed by atoms with Gasteiger partial charge in [-0.3, -0.25) is 10.1 Å². The summed E-state index contributed by atoms with van der Waals surface area (Å²) in [6.07, 6.45) is -2.58. The second kappa shape index (κ2) is 8.65. The monoisotopic (exact) mass is 384 g/mol. The highest BCUT2D eigenvalue weighted by atomic mass is 19.4. The van der Waals surface area contributed by atoms with E-state index < -0.39 is 22.5 Å². The van der Waals surface area contributed by atoms with Crippen LogP contribution in [0.5, 0.6) is 5.88 Å². The van der Waals surface area contributed by atoms with Crippen LogP contribution in [0.25, 0.3) is 0 Å². The Bertz CT molecular complexity index is 782. The van der Waals surface area contributed by atoms with Crippen molar-refractivity contribution in [2.24, 2.45) is 0 Å². The zero-order chi connectivity index (χ0) is 20.0. The average Bonchev–Trinajstić information content (AvgIpc) is 2.62. The molecule has 0 saturated heterocycles. The summed E-state index contributed by atoms with van der Waals surface area (Å²) < 4.78 is 44.8. The van der Waals surface area contributed by atoms with Crippen molar-refractivity contribution in [3.05, 3.63) is 46.1 Å². The zero-order valence-corrected chi connectivity index (χ0v) is 14.9. The van der Waals surface area contributed by atoms with Gasteiger partial charge < -0.3 is 9.64 Å². The van der Waals surface area contributed by atoms with Crippen LogP contribution in [0.2, 0.25) is 0 Å². The minimum Gasteiger partial charge on any atom is -0.477 e. The molecule has 1 aromatic carbocycles. The minimum absolute atomic E-state index is 0.0193. The van der Waals surface area contributed by atoms with Crippen LogP contribution in [-0.4, -0.2) is 28.0 Å². The van der Waals surface area contributed by atoms with Crippen LogP contribution in [0.1, 0.15) is 32.3 Å². The fraction of sp³-hybridized carbons (Fsp3) is 0.412. The van der Waals surface area contributed by atoms with Crippen LogP contribution in [0.3, 0.4) is 0 Å². The lowest BCUT2D eigenvalue weighted by molar-refractivity contribution is -0.384. The maximum atomic E-state index is 13.2. The summed E-state index contributed by atoms with van der Waals surface area (Å²) in [5.74, 6) is -0.507. The maximum absolute atomic E-state index is 13.2. The number of aromatic nitrogens is 2. The Labute approximate surface area is 154 Å². The van der Waals surface area contributed by atoms with Gasteiger partial charge in [0.2, 0.25) is 11.8 Å². The van der Waals surface area contributed by atoms with Gasteiger partial charge in [0.25, 0.3) is 5.69 Å². The van der Waals surface area contributed by atoms with E-state index in [0.717, 1.165) is 6.42 Å². The van der Waals surface area contributed by atoms with E-state index in [2.05, 4.69) is 9.97 Å². The molecule has 2 aromatic rings. The van der Waals surface area contributed by atoms with Crippen molar-refractivity contribution in [1.82, 2.24) is 9.97 Å². The highest BCUT2D eigenvalue weighted by Crippen LogP contribution is 2.36. The molecule has 27 heavy (non-hydrogen) atoms. The second-order valence-electron chi connectivity index (χ2n) is 5.61. The molecule has 0 amide bonds. The van der Waals surface area contributed by atoms with Crippen molar-refractivity contribution in [2.45, 2.75) is 32.9 Å². The number of alkyl halides is 3. The number of ether oxygens (including phenoxy) is 1. The highest BCUT2D eigenvalue weighted by Gasteiger charge is 2.36. The largest absolute Gasteiger partial charge is 0.477 e. The number of halogens is 3. The Kier molecular flexibility index (Phi) is 6.54.